The monoisotopic (exact) mass is 238 g/mol. The van der Waals surface area contributed by atoms with E-state index in [0.717, 1.165) is 12.1 Å². The number of aromatic amines is 1. The highest BCUT2D eigenvalue weighted by Gasteiger charge is 2.22. The Morgan fingerprint density at radius 3 is 2.94 bits per heavy atom. The van der Waals surface area contributed by atoms with Crippen LogP contribution in [-0.2, 0) is 16.0 Å². The summed E-state index contributed by atoms with van der Waals surface area (Å²) in [5, 5.41) is 15.6. The van der Waals surface area contributed by atoms with Gasteiger partial charge in [0.25, 0.3) is 6.47 Å². The summed E-state index contributed by atoms with van der Waals surface area (Å²) in [5.74, 6) is 0.707. The van der Waals surface area contributed by atoms with Crippen LogP contribution < -0.4 is 0 Å². The van der Waals surface area contributed by atoms with E-state index in [1.165, 1.54) is 25.7 Å². The molecule has 1 atom stereocenters. The van der Waals surface area contributed by atoms with Crippen LogP contribution in [0.5, 0.6) is 5.88 Å². The predicted octanol–water partition coefficient (Wildman–Crippen LogP) is 1.78. The van der Waals surface area contributed by atoms with Crippen LogP contribution in [0.4, 0.5) is 0 Å². The maximum atomic E-state index is 10.5. The van der Waals surface area contributed by atoms with Gasteiger partial charge in [-0.1, -0.05) is 25.7 Å². The van der Waals surface area contributed by atoms with E-state index in [1.54, 1.807) is 6.07 Å². The molecule has 0 bridgehead atoms. The second kappa shape index (κ2) is 5.70. The number of aromatic hydroxyl groups is 1. The molecule has 5 heteroatoms. The summed E-state index contributed by atoms with van der Waals surface area (Å²) in [5.41, 5.74) is 0.729. The zero-order chi connectivity index (χ0) is 12.1. The van der Waals surface area contributed by atoms with Crippen LogP contribution in [0.2, 0.25) is 0 Å². The summed E-state index contributed by atoms with van der Waals surface area (Å²) in [6.07, 6.45) is 6.34. The number of hydrogen-bond donors (Lipinski definition) is 2. The van der Waals surface area contributed by atoms with Crippen LogP contribution in [0.1, 0.15) is 37.8 Å². The lowest BCUT2D eigenvalue weighted by Gasteiger charge is -2.17. The smallest absolute Gasteiger partial charge is 0.293 e. The fourth-order valence-corrected chi connectivity index (χ4v) is 2.57. The topological polar surface area (TPSA) is 75.2 Å². The van der Waals surface area contributed by atoms with E-state index in [0.29, 0.717) is 18.8 Å². The van der Waals surface area contributed by atoms with Crippen LogP contribution in [0.3, 0.4) is 0 Å². The number of hydrogen-bond acceptors (Lipinski definition) is 4. The minimum atomic E-state index is -0.127. The van der Waals surface area contributed by atoms with Crippen LogP contribution in [-0.4, -0.2) is 27.9 Å². The standard InChI is InChI=1S/C12H18N2O3/c15-8-17-11(5-9-3-1-2-4-9)6-10-7-12(16)14-13-10/h7-9,11H,1-6H2,(H2,13,14,16). The van der Waals surface area contributed by atoms with Crippen molar-refractivity contribution in [1.82, 2.24) is 10.2 Å². The zero-order valence-electron chi connectivity index (χ0n) is 9.76. The lowest BCUT2D eigenvalue weighted by Crippen LogP contribution is -2.19. The third kappa shape index (κ3) is 3.47. The largest absolute Gasteiger partial charge is 0.494 e. The average Bonchev–Trinajstić information content (AvgIpc) is 2.91. The second-order valence-corrected chi connectivity index (χ2v) is 4.69. The number of H-pyrrole nitrogens is 1. The highest BCUT2D eigenvalue weighted by atomic mass is 16.5. The van der Waals surface area contributed by atoms with Gasteiger partial charge in [0.1, 0.15) is 6.10 Å². The van der Waals surface area contributed by atoms with E-state index in [2.05, 4.69) is 10.2 Å². The minimum Gasteiger partial charge on any atom is -0.494 e. The third-order valence-corrected chi connectivity index (χ3v) is 3.37. The number of rotatable bonds is 6. The van der Waals surface area contributed by atoms with Gasteiger partial charge in [0.05, 0.1) is 5.69 Å². The summed E-state index contributed by atoms with van der Waals surface area (Å²) in [6, 6.07) is 1.57. The average molecular weight is 238 g/mol. The molecule has 1 aromatic heterocycles. The maximum absolute atomic E-state index is 10.5. The van der Waals surface area contributed by atoms with Crippen LogP contribution in [0.25, 0.3) is 0 Å². The molecule has 0 aliphatic heterocycles. The Balaban J connectivity index is 1.89. The Morgan fingerprint density at radius 1 is 1.59 bits per heavy atom. The molecule has 1 fully saturated rings. The second-order valence-electron chi connectivity index (χ2n) is 4.69. The summed E-state index contributed by atoms with van der Waals surface area (Å²) in [7, 11) is 0. The van der Waals surface area contributed by atoms with Crippen molar-refractivity contribution in [2.45, 2.75) is 44.6 Å². The molecule has 1 aromatic rings. The lowest BCUT2D eigenvalue weighted by molar-refractivity contribution is -0.134. The maximum Gasteiger partial charge on any atom is 0.293 e. The number of ether oxygens (including phenoxy) is 1. The van der Waals surface area contributed by atoms with Gasteiger partial charge in [-0.2, -0.15) is 5.10 Å². The van der Waals surface area contributed by atoms with Gasteiger partial charge in [0, 0.05) is 12.5 Å². The Bertz CT molecular complexity index is 358. The molecule has 0 aromatic carbocycles. The third-order valence-electron chi connectivity index (χ3n) is 3.37. The number of carbonyl (C=O) groups excluding carboxylic acids is 1. The van der Waals surface area contributed by atoms with Crippen LogP contribution in [0, 0.1) is 5.92 Å². The first kappa shape index (κ1) is 12.0. The molecule has 5 nitrogen and oxygen atoms in total. The molecule has 1 saturated carbocycles. The fourth-order valence-electron chi connectivity index (χ4n) is 2.57. The first-order valence-electron chi connectivity index (χ1n) is 6.10. The van der Waals surface area contributed by atoms with Gasteiger partial charge in [0.2, 0.25) is 5.88 Å². The summed E-state index contributed by atoms with van der Waals surface area (Å²) in [4.78, 5) is 10.5. The molecule has 2 N–H and O–H groups in total. The molecule has 0 spiro atoms. The molecular weight excluding hydrogens is 220 g/mol. The van der Waals surface area contributed by atoms with Crippen molar-refractivity contribution in [1.29, 1.82) is 0 Å². The molecule has 0 amide bonds. The van der Waals surface area contributed by atoms with Gasteiger partial charge in [-0.15, -0.1) is 0 Å². The first-order chi connectivity index (χ1) is 8.28. The van der Waals surface area contributed by atoms with Gasteiger partial charge >= 0.3 is 0 Å². The van der Waals surface area contributed by atoms with Crippen molar-refractivity contribution >= 4 is 6.47 Å². The number of carbonyl (C=O) groups is 1. The van der Waals surface area contributed by atoms with E-state index in [4.69, 9.17) is 9.84 Å². The summed E-state index contributed by atoms with van der Waals surface area (Å²) >= 11 is 0. The molecule has 1 aliphatic rings. The highest BCUT2D eigenvalue weighted by molar-refractivity contribution is 5.37. The SMILES string of the molecule is O=COC(Cc1cc(O)[nH]n1)CC1CCCC1. The molecule has 1 unspecified atom stereocenters. The van der Waals surface area contributed by atoms with Gasteiger partial charge in [0.15, 0.2) is 0 Å². The number of aromatic nitrogens is 2. The molecule has 0 radical (unpaired) electrons. The normalized spacial score (nSPS) is 18.1. The van der Waals surface area contributed by atoms with E-state index in [9.17, 15) is 4.79 Å². The van der Waals surface area contributed by atoms with E-state index in [1.807, 2.05) is 0 Å². The van der Waals surface area contributed by atoms with Gasteiger partial charge in [-0.05, 0) is 12.3 Å². The minimum absolute atomic E-state index is 0.0470. The Kier molecular flexibility index (Phi) is 4.01. The van der Waals surface area contributed by atoms with Crippen molar-refractivity contribution < 1.29 is 14.6 Å². The van der Waals surface area contributed by atoms with E-state index >= 15 is 0 Å². The van der Waals surface area contributed by atoms with Crippen molar-refractivity contribution in [2.75, 3.05) is 0 Å². The summed E-state index contributed by atoms with van der Waals surface area (Å²) < 4.78 is 5.10. The Labute approximate surface area is 100 Å². The Hall–Kier alpha value is -1.52. The van der Waals surface area contributed by atoms with Crippen molar-refractivity contribution in [3.8, 4) is 5.88 Å². The van der Waals surface area contributed by atoms with E-state index in [-0.39, 0.29) is 12.0 Å². The van der Waals surface area contributed by atoms with Crippen molar-refractivity contribution in [2.24, 2.45) is 5.92 Å². The molecule has 94 valence electrons. The molecular formula is C12H18N2O3. The predicted molar refractivity (Wildman–Crippen MR) is 61.5 cm³/mol. The van der Waals surface area contributed by atoms with Crippen LogP contribution in [0.15, 0.2) is 6.07 Å². The number of nitrogens with one attached hydrogen (secondary N) is 1. The Morgan fingerprint density at radius 2 is 2.35 bits per heavy atom. The quantitative estimate of drug-likeness (QED) is 0.741. The van der Waals surface area contributed by atoms with Gasteiger partial charge < -0.3 is 9.84 Å². The van der Waals surface area contributed by atoms with Crippen molar-refractivity contribution in [3.63, 3.8) is 0 Å². The molecule has 17 heavy (non-hydrogen) atoms. The molecule has 1 heterocycles. The van der Waals surface area contributed by atoms with Gasteiger partial charge in [-0.25, -0.2) is 5.10 Å². The first-order valence-corrected chi connectivity index (χ1v) is 6.10. The van der Waals surface area contributed by atoms with E-state index < -0.39 is 0 Å². The lowest BCUT2D eigenvalue weighted by atomic mass is 9.97. The molecule has 1 aliphatic carbocycles. The highest BCUT2D eigenvalue weighted by Crippen LogP contribution is 2.30. The van der Waals surface area contributed by atoms with Gasteiger partial charge in [-0.3, -0.25) is 4.79 Å². The number of nitrogens with zero attached hydrogens (tertiary/aromatic N) is 1. The van der Waals surface area contributed by atoms with Crippen LogP contribution >= 0.6 is 0 Å². The zero-order valence-corrected chi connectivity index (χ0v) is 9.76. The molecule has 0 saturated heterocycles. The summed E-state index contributed by atoms with van der Waals surface area (Å²) in [6.45, 7) is 0.506. The van der Waals surface area contributed by atoms with Crippen molar-refractivity contribution in [3.05, 3.63) is 11.8 Å². The molecule has 2 rings (SSSR count). The fraction of sp³-hybridized carbons (Fsp3) is 0.667.